The van der Waals surface area contributed by atoms with Gasteiger partial charge in [-0.3, -0.25) is 0 Å². The van der Waals surface area contributed by atoms with Crippen molar-refractivity contribution in [3.05, 3.63) is 103 Å². The van der Waals surface area contributed by atoms with Gasteiger partial charge in [-0.2, -0.15) is 0 Å². The molecule has 0 aliphatic carbocycles. The van der Waals surface area contributed by atoms with Crippen LogP contribution in [0.2, 0.25) is 0 Å². The number of fused-ring (bicyclic) bond motifs is 15. The van der Waals surface area contributed by atoms with Crippen molar-refractivity contribution in [3.63, 3.8) is 0 Å². The Morgan fingerprint density at radius 3 is 2.29 bits per heavy atom. The van der Waals surface area contributed by atoms with E-state index in [1.165, 1.54) is 58.1 Å². The first-order chi connectivity index (χ1) is 17.3. The molecule has 0 N–H and O–H groups in total. The smallest absolute Gasteiger partial charge is 0.136 e. The van der Waals surface area contributed by atoms with E-state index < -0.39 is 0 Å². The van der Waals surface area contributed by atoms with Crippen LogP contribution in [0.5, 0.6) is 0 Å². The summed E-state index contributed by atoms with van der Waals surface area (Å²) < 4.78 is 11.4. The van der Waals surface area contributed by atoms with Crippen molar-refractivity contribution in [1.82, 2.24) is 4.40 Å². The predicted octanol–water partition coefficient (Wildman–Crippen LogP) is 9.67. The van der Waals surface area contributed by atoms with E-state index in [9.17, 15) is 0 Å². The lowest BCUT2D eigenvalue weighted by atomic mass is 9.99. The molecular formula is C32H17NOS. The van der Waals surface area contributed by atoms with E-state index in [0.717, 1.165) is 21.9 Å². The zero-order valence-corrected chi connectivity index (χ0v) is 19.4. The third kappa shape index (κ3) is 2.20. The lowest BCUT2D eigenvalue weighted by Crippen LogP contribution is -1.90. The largest absolute Gasteiger partial charge is 0.456 e. The number of furan rings is 1. The Kier molecular flexibility index (Phi) is 3.20. The molecule has 0 aliphatic rings. The Morgan fingerprint density at radius 2 is 1.34 bits per heavy atom. The molecule has 0 fully saturated rings. The fourth-order valence-electron chi connectivity index (χ4n) is 6.04. The molecule has 0 radical (unpaired) electrons. The average molecular weight is 464 g/mol. The van der Waals surface area contributed by atoms with Crippen molar-refractivity contribution in [2.45, 2.75) is 0 Å². The molecule has 0 spiro atoms. The van der Waals surface area contributed by atoms with Crippen molar-refractivity contribution in [3.8, 4) is 0 Å². The fraction of sp³-hybridized carbons (Fsp3) is 0. The van der Waals surface area contributed by atoms with Crippen LogP contribution in [0.1, 0.15) is 0 Å². The SMILES string of the molecule is c1ccc2c(c1)cn1c3cc4c(cc3c3c(ccc5c6ccccc6sc53)c21)oc1ccccc14. The molecule has 0 bridgehead atoms. The average Bonchev–Trinajstić information content (AvgIpc) is 3.58. The normalized spacial score (nSPS) is 12.6. The lowest BCUT2D eigenvalue weighted by Gasteiger charge is -2.11. The van der Waals surface area contributed by atoms with E-state index in [0.29, 0.717) is 0 Å². The van der Waals surface area contributed by atoms with Crippen molar-refractivity contribution >= 4 is 91.4 Å². The molecule has 0 atom stereocenters. The van der Waals surface area contributed by atoms with Crippen LogP contribution in [0.15, 0.2) is 108 Å². The number of para-hydroxylation sites is 1. The number of thiophene rings is 1. The quantitative estimate of drug-likeness (QED) is 0.205. The summed E-state index contributed by atoms with van der Waals surface area (Å²) in [5.41, 5.74) is 4.36. The van der Waals surface area contributed by atoms with Gasteiger partial charge in [0.15, 0.2) is 0 Å². The highest BCUT2D eigenvalue weighted by atomic mass is 32.1. The highest BCUT2D eigenvalue weighted by Gasteiger charge is 2.19. The Labute approximate surface area is 203 Å². The van der Waals surface area contributed by atoms with Crippen LogP contribution in [0, 0.1) is 0 Å². The van der Waals surface area contributed by atoms with E-state index in [1.54, 1.807) is 0 Å². The van der Waals surface area contributed by atoms with Crippen molar-refractivity contribution in [2.75, 3.05) is 0 Å². The summed E-state index contributed by atoms with van der Waals surface area (Å²) >= 11 is 1.89. The Balaban J connectivity index is 1.64. The van der Waals surface area contributed by atoms with Gasteiger partial charge in [0.05, 0.1) is 11.0 Å². The van der Waals surface area contributed by atoms with Gasteiger partial charge < -0.3 is 8.82 Å². The lowest BCUT2D eigenvalue weighted by molar-refractivity contribution is 0.669. The molecule has 4 aromatic heterocycles. The van der Waals surface area contributed by atoms with Crippen molar-refractivity contribution in [2.24, 2.45) is 0 Å². The van der Waals surface area contributed by atoms with Crippen molar-refractivity contribution < 1.29 is 4.42 Å². The van der Waals surface area contributed by atoms with Gasteiger partial charge in [-0.1, -0.05) is 72.8 Å². The van der Waals surface area contributed by atoms with Crippen LogP contribution in [0.3, 0.4) is 0 Å². The number of hydrogen-bond acceptors (Lipinski definition) is 2. The van der Waals surface area contributed by atoms with Crippen LogP contribution < -0.4 is 0 Å². The minimum absolute atomic E-state index is 0.933. The molecule has 0 saturated heterocycles. The van der Waals surface area contributed by atoms with E-state index >= 15 is 0 Å². The molecule has 0 amide bonds. The van der Waals surface area contributed by atoms with Gasteiger partial charge in [0.1, 0.15) is 11.2 Å². The summed E-state index contributed by atoms with van der Waals surface area (Å²) in [4.78, 5) is 0. The van der Waals surface area contributed by atoms with Gasteiger partial charge in [0.2, 0.25) is 0 Å². The minimum atomic E-state index is 0.933. The summed E-state index contributed by atoms with van der Waals surface area (Å²) in [5, 5.41) is 11.4. The number of hydrogen-bond donors (Lipinski definition) is 0. The Bertz CT molecular complexity index is 2330. The zero-order chi connectivity index (χ0) is 22.7. The fourth-order valence-corrected chi connectivity index (χ4v) is 7.30. The highest BCUT2D eigenvalue weighted by Crippen LogP contribution is 2.45. The maximum atomic E-state index is 6.35. The van der Waals surface area contributed by atoms with E-state index in [4.69, 9.17) is 4.42 Å². The maximum Gasteiger partial charge on any atom is 0.136 e. The highest BCUT2D eigenvalue weighted by molar-refractivity contribution is 7.26. The van der Waals surface area contributed by atoms with E-state index in [1.807, 2.05) is 17.4 Å². The number of rotatable bonds is 0. The summed E-state index contributed by atoms with van der Waals surface area (Å²) in [6, 6.07) is 35.0. The van der Waals surface area contributed by atoms with Crippen molar-refractivity contribution in [1.29, 1.82) is 0 Å². The first-order valence-corrected chi connectivity index (χ1v) is 12.7. The van der Waals surface area contributed by atoms with Gasteiger partial charge in [0, 0.05) is 64.1 Å². The second-order valence-electron chi connectivity index (χ2n) is 9.36. The van der Waals surface area contributed by atoms with Crippen LogP contribution in [0.4, 0.5) is 0 Å². The Hall–Kier alpha value is -4.34. The van der Waals surface area contributed by atoms with Crippen LogP contribution >= 0.6 is 11.3 Å². The third-order valence-electron chi connectivity index (χ3n) is 7.55. The molecule has 0 unspecified atom stereocenters. The van der Waals surface area contributed by atoms with Gasteiger partial charge in [0.25, 0.3) is 0 Å². The molecule has 9 aromatic rings. The molecule has 4 heterocycles. The first-order valence-electron chi connectivity index (χ1n) is 11.9. The standard InChI is InChI=1S/C32H17NOS/c1-2-8-19-18(7-1)17-33-26-15-24-20-9-3-5-11-27(20)34-28(24)16-25(26)30-23(31(19)33)14-13-22-21-10-4-6-12-29(21)35-32(22)30/h1-17H. The maximum absolute atomic E-state index is 6.35. The molecule has 3 heteroatoms. The minimum Gasteiger partial charge on any atom is -0.456 e. The number of aromatic nitrogens is 1. The molecular weight excluding hydrogens is 446 g/mol. The third-order valence-corrected chi connectivity index (χ3v) is 8.76. The first kappa shape index (κ1) is 18.0. The molecule has 162 valence electrons. The molecule has 5 aromatic carbocycles. The molecule has 9 rings (SSSR count). The topological polar surface area (TPSA) is 17.6 Å². The summed E-state index contributed by atoms with van der Waals surface area (Å²) in [5.74, 6) is 0. The van der Waals surface area contributed by atoms with E-state index in [-0.39, 0.29) is 0 Å². The van der Waals surface area contributed by atoms with Gasteiger partial charge in [-0.05, 0) is 24.3 Å². The molecule has 35 heavy (non-hydrogen) atoms. The van der Waals surface area contributed by atoms with Crippen LogP contribution in [-0.4, -0.2) is 4.40 Å². The summed E-state index contributed by atoms with van der Waals surface area (Å²) in [6.45, 7) is 0. The second-order valence-corrected chi connectivity index (χ2v) is 10.4. The van der Waals surface area contributed by atoms with Gasteiger partial charge in [-0.25, -0.2) is 0 Å². The summed E-state index contributed by atoms with van der Waals surface area (Å²) in [6.07, 6.45) is 2.29. The molecule has 0 aliphatic heterocycles. The number of benzene rings is 5. The monoisotopic (exact) mass is 463 g/mol. The summed E-state index contributed by atoms with van der Waals surface area (Å²) in [7, 11) is 0. The predicted molar refractivity (Wildman–Crippen MR) is 150 cm³/mol. The molecule has 2 nitrogen and oxygen atoms in total. The molecule has 0 saturated carbocycles. The second kappa shape index (κ2) is 6.21. The van der Waals surface area contributed by atoms with Gasteiger partial charge >= 0.3 is 0 Å². The Morgan fingerprint density at radius 1 is 0.571 bits per heavy atom. The van der Waals surface area contributed by atoms with Crippen LogP contribution in [-0.2, 0) is 0 Å². The number of pyridine rings is 1. The van der Waals surface area contributed by atoms with Crippen LogP contribution in [0.25, 0.3) is 80.1 Å². The zero-order valence-electron chi connectivity index (χ0n) is 18.6. The number of nitrogens with zero attached hydrogens (tertiary/aromatic N) is 1. The van der Waals surface area contributed by atoms with Gasteiger partial charge in [-0.15, -0.1) is 11.3 Å². The van der Waals surface area contributed by atoms with E-state index in [2.05, 4.69) is 102 Å².